The van der Waals surface area contributed by atoms with Gasteiger partial charge in [-0.1, -0.05) is 43.3 Å². The Morgan fingerprint density at radius 3 is 2.41 bits per heavy atom. The Labute approximate surface area is 240 Å². The molecule has 3 atom stereocenters. The molecule has 1 amide bonds. The molecule has 1 aliphatic rings. The van der Waals surface area contributed by atoms with Gasteiger partial charge >= 0.3 is 5.97 Å². The highest BCUT2D eigenvalue weighted by Crippen LogP contribution is 2.36. The molecule has 0 spiro atoms. The van der Waals surface area contributed by atoms with E-state index in [-0.39, 0.29) is 45.9 Å². The van der Waals surface area contributed by atoms with E-state index in [2.05, 4.69) is 4.72 Å². The topological polar surface area (TPSA) is 136 Å². The van der Waals surface area contributed by atoms with Crippen LogP contribution >= 0.6 is 0 Å². The normalized spacial score (nSPS) is 18.2. The number of rotatable bonds is 10. The predicted octanol–water partition coefficient (Wildman–Crippen LogP) is 3.54. The molecule has 3 aromatic carbocycles. The second-order valence-electron chi connectivity index (χ2n) is 10.4. The number of nitrogens with one attached hydrogen (secondary N) is 1. The van der Waals surface area contributed by atoms with Gasteiger partial charge in [0, 0.05) is 25.6 Å². The van der Waals surface area contributed by atoms with Crippen molar-refractivity contribution in [2.45, 2.75) is 37.4 Å². The van der Waals surface area contributed by atoms with Crippen molar-refractivity contribution < 1.29 is 33.0 Å². The van der Waals surface area contributed by atoms with E-state index in [1.54, 1.807) is 72.5 Å². The third-order valence-electron chi connectivity index (χ3n) is 7.13. The fraction of sp³-hybridized carbons (Fsp3) is 0.333. The summed E-state index contributed by atoms with van der Waals surface area (Å²) in [7, 11) is -2.06. The number of fused-ring (bicyclic) bond motifs is 1. The average molecular weight is 582 g/mol. The summed E-state index contributed by atoms with van der Waals surface area (Å²) in [5.74, 6) is -1.41. The minimum atomic E-state index is -3.97. The number of carboxylic acid groups (broad SMARTS) is 1. The average Bonchev–Trinajstić information content (AvgIpc) is 2.95. The van der Waals surface area contributed by atoms with Crippen LogP contribution in [0.3, 0.4) is 0 Å². The SMILES string of the molecule is C[C@H]1CN([C@@H](C)CO)C(=O)c2cccc(NS(=O)(=O)c3ccccc3)c2O[C@H]1CN(C)Cc1ccc(C(=O)O)cc1. The first kappa shape index (κ1) is 30.0. The quantitative estimate of drug-likeness (QED) is 0.331. The van der Waals surface area contributed by atoms with Crippen molar-refractivity contribution in [1.82, 2.24) is 9.80 Å². The smallest absolute Gasteiger partial charge is 0.335 e. The molecule has 1 aliphatic heterocycles. The number of aliphatic hydroxyl groups is 1. The van der Waals surface area contributed by atoms with Crippen LogP contribution in [0.25, 0.3) is 0 Å². The number of hydrogen-bond donors (Lipinski definition) is 3. The van der Waals surface area contributed by atoms with E-state index in [0.717, 1.165) is 5.56 Å². The Morgan fingerprint density at radius 2 is 1.78 bits per heavy atom. The molecule has 0 unspecified atom stereocenters. The van der Waals surface area contributed by atoms with E-state index in [4.69, 9.17) is 4.74 Å². The van der Waals surface area contributed by atoms with Crippen molar-refractivity contribution in [3.8, 4) is 5.75 Å². The van der Waals surface area contributed by atoms with Gasteiger partial charge in [0.1, 0.15) is 6.10 Å². The minimum Gasteiger partial charge on any atom is -0.486 e. The lowest BCUT2D eigenvalue weighted by Gasteiger charge is -2.38. The zero-order valence-electron chi connectivity index (χ0n) is 23.2. The second-order valence-corrected chi connectivity index (χ2v) is 12.1. The highest BCUT2D eigenvalue weighted by Gasteiger charge is 2.35. The number of sulfonamides is 1. The van der Waals surface area contributed by atoms with Crippen molar-refractivity contribution in [3.63, 3.8) is 0 Å². The van der Waals surface area contributed by atoms with Crippen molar-refractivity contribution >= 4 is 27.6 Å². The number of carboxylic acids is 1. The lowest BCUT2D eigenvalue weighted by Crippen LogP contribution is -2.49. The van der Waals surface area contributed by atoms with Crippen molar-refractivity contribution in [1.29, 1.82) is 0 Å². The van der Waals surface area contributed by atoms with Crippen LogP contribution in [0.2, 0.25) is 0 Å². The first-order valence-electron chi connectivity index (χ1n) is 13.3. The maximum absolute atomic E-state index is 13.7. The number of para-hydroxylation sites is 1. The highest BCUT2D eigenvalue weighted by molar-refractivity contribution is 7.92. The summed E-state index contributed by atoms with van der Waals surface area (Å²) in [5, 5.41) is 19.1. The van der Waals surface area contributed by atoms with Gasteiger partial charge in [0.25, 0.3) is 15.9 Å². The number of amides is 1. The Balaban J connectivity index is 1.67. The number of aromatic carboxylic acids is 1. The van der Waals surface area contributed by atoms with Gasteiger partial charge in [-0.25, -0.2) is 13.2 Å². The molecule has 1 heterocycles. The van der Waals surface area contributed by atoms with Crippen LogP contribution in [0.1, 0.15) is 40.1 Å². The standard InChI is InChI=1S/C30H35N3O7S/c1-20-16-33(21(2)19-34)29(35)25-10-7-11-26(31-41(38,39)24-8-5-4-6-9-24)28(25)40-27(20)18-32(3)17-22-12-14-23(15-13-22)30(36)37/h4-15,20-21,27,31,34H,16-19H2,1-3H3,(H,36,37)/t20-,21-,27-/m0/s1. The molecule has 10 nitrogen and oxygen atoms in total. The van der Waals surface area contributed by atoms with Crippen LogP contribution < -0.4 is 9.46 Å². The number of carbonyl (C=O) groups excluding carboxylic acids is 1. The molecule has 3 aromatic rings. The lowest BCUT2D eigenvalue weighted by atomic mass is 9.99. The largest absolute Gasteiger partial charge is 0.486 e. The first-order chi connectivity index (χ1) is 19.5. The molecule has 0 saturated heterocycles. The zero-order chi connectivity index (χ0) is 29.7. The summed E-state index contributed by atoms with van der Waals surface area (Å²) in [6.45, 7) is 4.74. The number of aliphatic hydroxyl groups excluding tert-OH is 1. The maximum atomic E-state index is 13.7. The molecule has 0 aromatic heterocycles. The maximum Gasteiger partial charge on any atom is 0.335 e. The summed E-state index contributed by atoms with van der Waals surface area (Å²) in [4.78, 5) is 28.6. The van der Waals surface area contributed by atoms with Crippen LogP contribution in [0.4, 0.5) is 5.69 Å². The van der Waals surface area contributed by atoms with Gasteiger partial charge in [-0.2, -0.15) is 0 Å². The highest BCUT2D eigenvalue weighted by atomic mass is 32.2. The van der Waals surface area contributed by atoms with Crippen LogP contribution in [-0.4, -0.2) is 79.2 Å². The number of nitrogens with zero attached hydrogens (tertiary/aromatic N) is 2. The molecule has 11 heteroatoms. The molecule has 4 rings (SSSR count). The Morgan fingerprint density at radius 1 is 1.10 bits per heavy atom. The monoisotopic (exact) mass is 581 g/mol. The Bertz CT molecular complexity index is 1480. The van der Waals surface area contributed by atoms with Gasteiger partial charge in [-0.05, 0) is 55.9 Å². The van der Waals surface area contributed by atoms with E-state index in [0.29, 0.717) is 19.6 Å². The summed E-state index contributed by atoms with van der Waals surface area (Å²) >= 11 is 0. The molecule has 0 radical (unpaired) electrons. The molecule has 3 N–H and O–H groups in total. The van der Waals surface area contributed by atoms with Gasteiger partial charge in [-0.15, -0.1) is 0 Å². The number of likely N-dealkylation sites (N-methyl/N-ethyl adjacent to an activating group) is 1. The van der Waals surface area contributed by atoms with Crippen LogP contribution in [0.5, 0.6) is 5.75 Å². The van der Waals surface area contributed by atoms with Gasteiger partial charge in [0.05, 0.1) is 34.4 Å². The van der Waals surface area contributed by atoms with E-state index in [1.165, 1.54) is 12.1 Å². The van der Waals surface area contributed by atoms with E-state index >= 15 is 0 Å². The van der Waals surface area contributed by atoms with Gasteiger partial charge < -0.3 is 19.8 Å². The van der Waals surface area contributed by atoms with Crippen LogP contribution in [0.15, 0.2) is 77.7 Å². The Hall–Kier alpha value is -3.93. The van der Waals surface area contributed by atoms with Crippen molar-refractivity contribution in [2.24, 2.45) is 5.92 Å². The van der Waals surface area contributed by atoms with E-state index in [1.807, 2.05) is 18.9 Å². The number of anilines is 1. The van der Waals surface area contributed by atoms with Gasteiger partial charge in [0.15, 0.2) is 5.75 Å². The third kappa shape index (κ3) is 7.05. The summed E-state index contributed by atoms with van der Waals surface area (Å²) in [6.07, 6.45) is -0.457. The van der Waals surface area contributed by atoms with Crippen LogP contribution in [-0.2, 0) is 16.6 Å². The molecular formula is C30H35N3O7S. The molecule has 218 valence electrons. The Kier molecular flexibility index (Phi) is 9.31. The first-order valence-corrected chi connectivity index (χ1v) is 14.8. The molecule has 41 heavy (non-hydrogen) atoms. The number of benzene rings is 3. The summed E-state index contributed by atoms with van der Waals surface area (Å²) < 4.78 is 35.5. The summed E-state index contributed by atoms with van der Waals surface area (Å²) in [6, 6.07) is 18.9. The van der Waals surface area contributed by atoms with Gasteiger partial charge in [0.2, 0.25) is 0 Å². The number of ether oxygens (including phenoxy) is 1. The second kappa shape index (κ2) is 12.7. The minimum absolute atomic E-state index is 0.0730. The fourth-order valence-corrected chi connectivity index (χ4v) is 5.86. The number of hydrogen-bond acceptors (Lipinski definition) is 7. The lowest BCUT2D eigenvalue weighted by molar-refractivity contribution is 0.0343. The molecular weight excluding hydrogens is 546 g/mol. The van der Waals surface area contributed by atoms with Gasteiger partial charge in [-0.3, -0.25) is 14.4 Å². The molecule has 0 saturated carbocycles. The van der Waals surface area contributed by atoms with Crippen molar-refractivity contribution in [3.05, 3.63) is 89.5 Å². The fourth-order valence-electron chi connectivity index (χ4n) is 4.78. The molecule has 0 bridgehead atoms. The third-order valence-corrected chi connectivity index (χ3v) is 8.52. The predicted molar refractivity (Wildman–Crippen MR) is 155 cm³/mol. The van der Waals surface area contributed by atoms with E-state index in [9.17, 15) is 28.2 Å². The van der Waals surface area contributed by atoms with Crippen molar-refractivity contribution in [2.75, 3.05) is 31.5 Å². The molecule has 0 fully saturated rings. The number of carbonyl (C=O) groups is 2. The van der Waals surface area contributed by atoms with E-state index < -0.39 is 28.1 Å². The summed E-state index contributed by atoms with van der Waals surface area (Å²) in [5.41, 5.74) is 1.46. The molecule has 0 aliphatic carbocycles. The zero-order valence-corrected chi connectivity index (χ0v) is 24.0. The van der Waals surface area contributed by atoms with Crippen LogP contribution in [0, 0.1) is 5.92 Å².